The van der Waals surface area contributed by atoms with Gasteiger partial charge in [-0.25, -0.2) is 0 Å². The lowest BCUT2D eigenvalue weighted by Gasteiger charge is -2.10. The van der Waals surface area contributed by atoms with Crippen LogP contribution in [0.3, 0.4) is 0 Å². The summed E-state index contributed by atoms with van der Waals surface area (Å²) < 4.78 is 5.15. The molecular formula is C15H14ClNO3. The van der Waals surface area contributed by atoms with Crippen LogP contribution in [0.5, 0.6) is 11.5 Å². The third-order valence-corrected chi connectivity index (χ3v) is 3.09. The van der Waals surface area contributed by atoms with Crippen LogP contribution < -0.4 is 10.1 Å². The second-order valence-electron chi connectivity index (χ2n) is 4.30. The fourth-order valence-electron chi connectivity index (χ4n) is 1.84. The van der Waals surface area contributed by atoms with E-state index < -0.39 is 5.91 Å². The van der Waals surface area contributed by atoms with Crippen LogP contribution in [0.1, 0.15) is 15.9 Å². The Morgan fingerprint density at radius 1 is 1.25 bits per heavy atom. The summed E-state index contributed by atoms with van der Waals surface area (Å²) in [6, 6.07) is 9.61. The van der Waals surface area contributed by atoms with Gasteiger partial charge in [0.25, 0.3) is 5.91 Å². The van der Waals surface area contributed by atoms with Crippen molar-refractivity contribution in [2.45, 2.75) is 6.92 Å². The van der Waals surface area contributed by atoms with E-state index >= 15 is 0 Å². The Kier molecular flexibility index (Phi) is 4.15. The minimum absolute atomic E-state index is 0.114. The number of ether oxygens (including phenoxy) is 1. The van der Waals surface area contributed by atoms with Gasteiger partial charge in [0.2, 0.25) is 0 Å². The van der Waals surface area contributed by atoms with Gasteiger partial charge in [-0.05, 0) is 48.9 Å². The number of hydrogen-bond acceptors (Lipinski definition) is 3. The van der Waals surface area contributed by atoms with Gasteiger partial charge in [-0.2, -0.15) is 0 Å². The van der Waals surface area contributed by atoms with Crippen LogP contribution in [0.25, 0.3) is 0 Å². The molecule has 0 fully saturated rings. The summed E-state index contributed by atoms with van der Waals surface area (Å²) in [6.07, 6.45) is 0. The number of carbonyl (C=O) groups excluding carboxylic acids is 1. The third-order valence-electron chi connectivity index (χ3n) is 2.86. The van der Waals surface area contributed by atoms with E-state index in [1.165, 1.54) is 18.2 Å². The number of halogens is 1. The van der Waals surface area contributed by atoms with Gasteiger partial charge in [0.15, 0.2) is 0 Å². The highest BCUT2D eigenvalue weighted by molar-refractivity contribution is 6.31. The highest BCUT2D eigenvalue weighted by atomic mass is 35.5. The SMILES string of the molecule is COc1ccc(NC(=O)c2cc(Cl)ccc2O)cc1C. The van der Waals surface area contributed by atoms with E-state index in [0.29, 0.717) is 10.7 Å². The molecule has 2 N–H and O–H groups in total. The van der Waals surface area contributed by atoms with Crippen molar-refractivity contribution in [1.82, 2.24) is 0 Å². The van der Waals surface area contributed by atoms with Crippen LogP contribution in [0, 0.1) is 6.92 Å². The van der Waals surface area contributed by atoms with E-state index in [4.69, 9.17) is 16.3 Å². The lowest BCUT2D eigenvalue weighted by molar-refractivity contribution is 0.102. The molecule has 104 valence electrons. The molecule has 0 aliphatic heterocycles. The molecule has 2 aromatic carbocycles. The van der Waals surface area contributed by atoms with Gasteiger partial charge in [0, 0.05) is 10.7 Å². The Bertz CT molecular complexity index is 656. The Balaban J connectivity index is 2.23. The first-order valence-corrected chi connectivity index (χ1v) is 6.33. The molecule has 0 radical (unpaired) electrons. The molecule has 0 aliphatic carbocycles. The van der Waals surface area contributed by atoms with Crippen LogP contribution in [0.4, 0.5) is 5.69 Å². The van der Waals surface area contributed by atoms with Gasteiger partial charge in [-0.15, -0.1) is 0 Å². The molecule has 2 rings (SSSR count). The zero-order valence-corrected chi connectivity index (χ0v) is 11.9. The lowest BCUT2D eigenvalue weighted by Crippen LogP contribution is -2.12. The number of hydrogen-bond donors (Lipinski definition) is 2. The molecule has 5 heteroatoms. The molecule has 1 amide bonds. The predicted octanol–water partition coefficient (Wildman–Crippen LogP) is 3.61. The Morgan fingerprint density at radius 2 is 2.00 bits per heavy atom. The van der Waals surface area contributed by atoms with Crippen LogP contribution >= 0.6 is 11.6 Å². The number of methoxy groups -OCH3 is 1. The predicted molar refractivity (Wildman–Crippen MR) is 78.8 cm³/mol. The van der Waals surface area contributed by atoms with Gasteiger partial charge in [-0.1, -0.05) is 11.6 Å². The van der Waals surface area contributed by atoms with Crippen LogP contribution in [0.2, 0.25) is 5.02 Å². The Hall–Kier alpha value is -2.20. The maximum absolute atomic E-state index is 12.1. The average molecular weight is 292 g/mol. The highest BCUT2D eigenvalue weighted by Crippen LogP contribution is 2.25. The number of carbonyl (C=O) groups is 1. The molecule has 0 saturated heterocycles. The molecular weight excluding hydrogens is 278 g/mol. The summed E-state index contributed by atoms with van der Waals surface area (Å²) in [7, 11) is 1.59. The third kappa shape index (κ3) is 3.03. The Morgan fingerprint density at radius 3 is 2.65 bits per heavy atom. The minimum Gasteiger partial charge on any atom is -0.507 e. The molecule has 0 bridgehead atoms. The van der Waals surface area contributed by atoms with E-state index in [9.17, 15) is 9.90 Å². The highest BCUT2D eigenvalue weighted by Gasteiger charge is 2.12. The Labute approximate surface area is 122 Å². The largest absolute Gasteiger partial charge is 0.507 e. The fourth-order valence-corrected chi connectivity index (χ4v) is 2.02. The number of aryl methyl sites for hydroxylation is 1. The molecule has 4 nitrogen and oxygen atoms in total. The van der Waals surface area contributed by atoms with Crippen molar-refractivity contribution >= 4 is 23.2 Å². The molecule has 0 saturated carbocycles. The molecule has 0 atom stereocenters. The maximum atomic E-state index is 12.1. The number of amides is 1. The van der Waals surface area contributed by atoms with Gasteiger partial charge in [0.1, 0.15) is 11.5 Å². The standard InChI is InChI=1S/C15H14ClNO3/c1-9-7-11(4-6-14(9)20-2)17-15(19)12-8-10(16)3-5-13(12)18/h3-8,18H,1-2H3,(H,17,19). The first kappa shape index (κ1) is 14.2. The molecule has 0 spiro atoms. The van der Waals surface area contributed by atoms with E-state index in [1.54, 1.807) is 25.3 Å². The fraction of sp³-hybridized carbons (Fsp3) is 0.133. The molecule has 0 heterocycles. The number of phenolic OH excluding ortho intramolecular Hbond substituents is 1. The summed E-state index contributed by atoms with van der Waals surface area (Å²) in [5, 5.41) is 12.8. The van der Waals surface area contributed by atoms with Crippen molar-refractivity contribution in [1.29, 1.82) is 0 Å². The van der Waals surface area contributed by atoms with Crippen molar-refractivity contribution in [2.75, 3.05) is 12.4 Å². The number of phenols is 1. The van der Waals surface area contributed by atoms with Gasteiger partial charge < -0.3 is 15.2 Å². The number of aromatic hydroxyl groups is 1. The summed E-state index contributed by atoms with van der Waals surface area (Å²) in [4.78, 5) is 12.1. The van der Waals surface area contributed by atoms with E-state index in [0.717, 1.165) is 11.3 Å². The van der Waals surface area contributed by atoms with Crippen molar-refractivity contribution in [2.24, 2.45) is 0 Å². The molecule has 0 aliphatic rings. The summed E-state index contributed by atoms with van der Waals surface area (Å²) in [6.45, 7) is 1.88. The topological polar surface area (TPSA) is 58.6 Å². The maximum Gasteiger partial charge on any atom is 0.259 e. The lowest BCUT2D eigenvalue weighted by atomic mass is 10.1. The summed E-state index contributed by atoms with van der Waals surface area (Å²) >= 11 is 5.82. The summed E-state index contributed by atoms with van der Waals surface area (Å²) in [5.74, 6) is 0.209. The van der Waals surface area contributed by atoms with Crippen LogP contribution in [-0.2, 0) is 0 Å². The number of anilines is 1. The second-order valence-corrected chi connectivity index (χ2v) is 4.74. The quantitative estimate of drug-likeness (QED) is 0.908. The van der Waals surface area contributed by atoms with Crippen molar-refractivity contribution < 1.29 is 14.6 Å². The van der Waals surface area contributed by atoms with Crippen LogP contribution in [-0.4, -0.2) is 18.1 Å². The number of nitrogens with one attached hydrogen (secondary N) is 1. The van der Waals surface area contributed by atoms with E-state index in [-0.39, 0.29) is 11.3 Å². The van der Waals surface area contributed by atoms with Crippen molar-refractivity contribution in [3.05, 3.63) is 52.5 Å². The van der Waals surface area contributed by atoms with E-state index in [2.05, 4.69) is 5.32 Å². The zero-order chi connectivity index (χ0) is 14.7. The van der Waals surface area contributed by atoms with Gasteiger partial charge in [0.05, 0.1) is 12.7 Å². The molecule has 2 aromatic rings. The monoisotopic (exact) mass is 291 g/mol. The smallest absolute Gasteiger partial charge is 0.259 e. The van der Waals surface area contributed by atoms with Crippen LogP contribution in [0.15, 0.2) is 36.4 Å². The number of rotatable bonds is 3. The van der Waals surface area contributed by atoms with Gasteiger partial charge in [-0.3, -0.25) is 4.79 Å². The van der Waals surface area contributed by atoms with Crippen molar-refractivity contribution in [3.8, 4) is 11.5 Å². The molecule has 0 unspecified atom stereocenters. The molecule has 0 aromatic heterocycles. The zero-order valence-electron chi connectivity index (χ0n) is 11.1. The first-order chi connectivity index (χ1) is 9.51. The number of benzene rings is 2. The minimum atomic E-state index is -0.422. The normalized spacial score (nSPS) is 10.2. The van der Waals surface area contributed by atoms with E-state index in [1.807, 2.05) is 6.92 Å². The summed E-state index contributed by atoms with van der Waals surface area (Å²) in [5.41, 5.74) is 1.65. The molecule has 20 heavy (non-hydrogen) atoms. The first-order valence-electron chi connectivity index (χ1n) is 5.96. The van der Waals surface area contributed by atoms with Crippen molar-refractivity contribution in [3.63, 3.8) is 0 Å². The van der Waals surface area contributed by atoms with Gasteiger partial charge >= 0.3 is 0 Å². The average Bonchev–Trinajstić information content (AvgIpc) is 2.41. The second kappa shape index (κ2) is 5.84.